The molecule has 0 bridgehead atoms. The summed E-state index contributed by atoms with van der Waals surface area (Å²) >= 11 is 0. The highest BCUT2D eigenvalue weighted by Crippen LogP contribution is 2.31. The van der Waals surface area contributed by atoms with E-state index in [0.29, 0.717) is 22.7 Å². The molecule has 2 aromatic rings. The number of hydrogen-bond donors (Lipinski definition) is 2. The Bertz CT molecular complexity index is 1340. The van der Waals surface area contributed by atoms with Crippen LogP contribution >= 0.6 is 0 Å². The maximum Gasteiger partial charge on any atom is 0.340 e. The Kier molecular flexibility index (Phi) is 10.4. The average Bonchev–Trinajstić information content (AvgIpc) is 3.48. The van der Waals surface area contributed by atoms with Gasteiger partial charge >= 0.3 is 23.8 Å². The summed E-state index contributed by atoms with van der Waals surface area (Å²) in [5, 5.41) is 4.89. The number of furan rings is 1. The number of nitrogens with zero attached hydrogens (tertiary/aromatic N) is 1. The van der Waals surface area contributed by atoms with Gasteiger partial charge in [-0.3, -0.25) is 14.4 Å². The van der Waals surface area contributed by atoms with Crippen LogP contribution in [0.1, 0.15) is 42.6 Å². The maximum atomic E-state index is 13.1. The highest BCUT2D eigenvalue weighted by Gasteiger charge is 2.37. The maximum absolute atomic E-state index is 13.1. The van der Waals surface area contributed by atoms with Crippen molar-refractivity contribution in [1.82, 2.24) is 10.2 Å². The van der Waals surface area contributed by atoms with Crippen LogP contribution in [0.3, 0.4) is 0 Å². The van der Waals surface area contributed by atoms with E-state index >= 15 is 0 Å². The van der Waals surface area contributed by atoms with Gasteiger partial charge in [-0.25, -0.2) is 9.59 Å². The predicted molar refractivity (Wildman–Crippen MR) is 142 cm³/mol. The molecular weight excluding hydrogens is 522 g/mol. The summed E-state index contributed by atoms with van der Waals surface area (Å²) in [6, 6.07) is 9.04. The number of nitrogens with one attached hydrogen (secondary N) is 2. The topological polar surface area (TPSA) is 153 Å². The molecule has 1 aromatic heterocycles. The lowest BCUT2D eigenvalue weighted by atomic mass is 10.1. The number of methoxy groups -OCH3 is 1. The van der Waals surface area contributed by atoms with Crippen LogP contribution in [0.2, 0.25) is 0 Å². The summed E-state index contributed by atoms with van der Waals surface area (Å²) in [7, 11) is 1.51. The van der Waals surface area contributed by atoms with Gasteiger partial charge in [0, 0.05) is 25.0 Å². The second-order valence-corrected chi connectivity index (χ2v) is 8.43. The van der Waals surface area contributed by atoms with Crippen molar-refractivity contribution in [3.8, 4) is 0 Å². The number of esters is 2. The molecule has 0 saturated heterocycles. The highest BCUT2D eigenvalue weighted by atomic mass is 16.5. The smallest absolute Gasteiger partial charge is 0.340 e. The number of carbonyl (C=O) groups is 5. The standard InChI is InChI=1S/C28H31N3O9/c1-5-38-27(35)18-7-9-19(10-8-18)30-25(33)24(32)29-16-21-12-11-20(40-21)15-22-23(28(36)39-6-2)17(3)31(26(22)34)13-14-37-4/h7-12,15H,5-6,13-14,16H2,1-4H3,(H,29,32)(H,30,33). The third-order valence-corrected chi connectivity index (χ3v) is 5.76. The van der Waals surface area contributed by atoms with Crippen LogP contribution in [-0.4, -0.2) is 68.0 Å². The van der Waals surface area contributed by atoms with Crippen LogP contribution in [-0.2, 0) is 39.9 Å². The molecule has 212 valence electrons. The first-order valence-electron chi connectivity index (χ1n) is 12.6. The van der Waals surface area contributed by atoms with E-state index in [-0.39, 0.29) is 49.8 Å². The number of benzene rings is 1. The van der Waals surface area contributed by atoms with Crippen molar-refractivity contribution >= 4 is 41.4 Å². The first-order valence-corrected chi connectivity index (χ1v) is 12.6. The molecule has 2 heterocycles. The molecule has 0 atom stereocenters. The Morgan fingerprint density at radius 3 is 2.27 bits per heavy atom. The number of allylic oxidation sites excluding steroid dienone is 1. The van der Waals surface area contributed by atoms with Crippen LogP contribution in [0.4, 0.5) is 5.69 Å². The van der Waals surface area contributed by atoms with E-state index in [0.717, 1.165) is 0 Å². The molecule has 0 aliphatic carbocycles. The van der Waals surface area contributed by atoms with Crippen molar-refractivity contribution in [2.75, 3.05) is 38.8 Å². The molecule has 3 amide bonds. The second kappa shape index (κ2) is 13.9. The van der Waals surface area contributed by atoms with Gasteiger partial charge in [-0.05, 0) is 63.2 Å². The summed E-state index contributed by atoms with van der Waals surface area (Å²) in [5.74, 6) is -2.75. The van der Waals surface area contributed by atoms with Gasteiger partial charge in [0.1, 0.15) is 11.5 Å². The minimum atomic E-state index is -0.912. The van der Waals surface area contributed by atoms with Crippen LogP contribution in [0.5, 0.6) is 0 Å². The second-order valence-electron chi connectivity index (χ2n) is 8.43. The normalized spacial score (nSPS) is 13.9. The minimum Gasteiger partial charge on any atom is -0.462 e. The molecule has 3 rings (SSSR count). The zero-order valence-corrected chi connectivity index (χ0v) is 22.7. The fraction of sp³-hybridized carbons (Fsp3) is 0.321. The van der Waals surface area contributed by atoms with Gasteiger partial charge in [-0.15, -0.1) is 0 Å². The first-order chi connectivity index (χ1) is 19.2. The van der Waals surface area contributed by atoms with Gasteiger partial charge in [-0.1, -0.05) is 0 Å². The van der Waals surface area contributed by atoms with E-state index in [4.69, 9.17) is 18.6 Å². The average molecular weight is 554 g/mol. The largest absolute Gasteiger partial charge is 0.462 e. The number of ether oxygens (including phenoxy) is 3. The van der Waals surface area contributed by atoms with Crippen LogP contribution in [0.15, 0.2) is 57.7 Å². The quantitative estimate of drug-likeness (QED) is 0.243. The van der Waals surface area contributed by atoms with E-state index in [1.165, 1.54) is 42.4 Å². The fourth-order valence-corrected chi connectivity index (χ4v) is 3.83. The minimum absolute atomic E-state index is 0.106. The van der Waals surface area contributed by atoms with E-state index in [1.807, 2.05) is 0 Å². The van der Waals surface area contributed by atoms with E-state index < -0.39 is 29.7 Å². The summed E-state index contributed by atoms with van der Waals surface area (Å²) in [6.45, 7) is 5.84. The zero-order chi connectivity index (χ0) is 29.2. The molecular formula is C28H31N3O9. The molecule has 40 heavy (non-hydrogen) atoms. The van der Waals surface area contributed by atoms with Gasteiger partial charge < -0.3 is 34.2 Å². The number of rotatable bonds is 11. The van der Waals surface area contributed by atoms with Gasteiger partial charge in [0.2, 0.25) is 0 Å². The molecule has 1 aliphatic rings. The van der Waals surface area contributed by atoms with Crippen molar-refractivity contribution in [3.63, 3.8) is 0 Å². The van der Waals surface area contributed by atoms with Crippen molar-refractivity contribution in [1.29, 1.82) is 0 Å². The van der Waals surface area contributed by atoms with E-state index in [2.05, 4.69) is 10.6 Å². The summed E-state index contributed by atoms with van der Waals surface area (Å²) < 4.78 is 20.8. The molecule has 0 unspecified atom stereocenters. The molecule has 0 radical (unpaired) electrons. The first kappa shape index (κ1) is 29.8. The Hall–Kier alpha value is -4.71. The summed E-state index contributed by atoms with van der Waals surface area (Å²) in [4.78, 5) is 63.4. The van der Waals surface area contributed by atoms with Crippen LogP contribution in [0, 0.1) is 0 Å². The predicted octanol–water partition coefficient (Wildman–Crippen LogP) is 2.42. The number of anilines is 1. The Morgan fingerprint density at radius 1 is 0.950 bits per heavy atom. The lowest BCUT2D eigenvalue weighted by molar-refractivity contribution is -0.138. The molecule has 2 N–H and O–H groups in total. The van der Waals surface area contributed by atoms with Gasteiger partial charge in [0.25, 0.3) is 5.91 Å². The Balaban J connectivity index is 1.64. The van der Waals surface area contributed by atoms with Crippen molar-refractivity contribution in [2.45, 2.75) is 27.3 Å². The molecule has 1 aromatic carbocycles. The van der Waals surface area contributed by atoms with Crippen molar-refractivity contribution < 1.29 is 42.6 Å². The SMILES string of the molecule is CCOC(=O)C1=C(C)N(CCOC)C(=O)C1=Cc1ccc(CNC(=O)C(=O)Nc2ccc(C(=O)OCC)cc2)o1. The molecule has 12 nitrogen and oxygen atoms in total. The van der Waals surface area contributed by atoms with Gasteiger partial charge in [-0.2, -0.15) is 0 Å². The fourth-order valence-electron chi connectivity index (χ4n) is 3.83. The zero-order valence-electron chi connectivity index (χ0n) is 22.7. The van der Waals surface area contributed by atoms with Crippen molar-refractivity contribution in [3.05, 3.63) is 70.3 Å². The summed E-state index contributed by atoms with van der Waals surface area (Å²) in [6.07, 6.45) is 1.43. The lowest BCUT2D eigenvalue weighted by Crippen LogP contribution is -2.34. The third-order valence-electron chi connectivity index (χ3n) is 5.76. The van der Waals surface area contributed by atoms with Crippen LogP contribution in [0.25, 0.3) is 6.08 Å². The summed E-state index contributed by atoms with van der Waals surface area (Å²) in [5.41, 5.74) is 1.34. The Morgan fingerprint density at radius 2 is 1.62 bits per heavy atom. The number of carbonyl (C=O) groups excluding carboxylic acids is 5. The van der Waals surface area contributed by atoms with Gasteiger partial charge in [0.15, 0.2) is 0 Å². The van der Waals surface area contributed by atoms with E-state index in [1.54, 1.807) is 32.9 Å². The molecule has 12 heteroatoms. The third kappa shape index (κ3) is 7.23. The number of hydrogen-bond acceptors (Lipinski definition) is 9. The number of amides is 3. The lowest BCUT2D eigenvalue weighted by Gasteiger charge is -2.16. The van der Waals surface area contributed by atoms with Crippen molar-refractivity contribution in [2.24, 2.45) is 0 Å². The molecule has 0 fully saturated rings. The van der Waals surface area contributed by atoms with E-state index in [9.17, 15) is 24.0 Å². The van der Waals surface area contributed by atoms with Gasteiger partial charge in [0.05, 0.1) is 43.1 Å². The molecule has 1 aliphatic heterocycles. The molecule has 0 spiro atoms. The Labute approximate surface area is 230 Å². The monoisotopic (exact) mass is 553 g/mol. The van der Waals surface area contributed by atoms with Crippen LogP contribution < -0.4 is 10.6 Å². The molecule has 0 saturated carbocycles. The highest BCUT2D eigenvalue weighted by molar-refractivity contribution is 6.39.